The Bertz CT molecular complexity index is 1460. The van der Waals surface area contributed by atoms with Crippen molar-refractivity contribution in [3.63, 3.8) is 0 Å². The molecular weight excluding hydrogens is 523 g/mol. The van der Waals surface area contributed by atoms with E-state index in [0.717, 1.165) is 23.3 Å². The van der Waals surface area contributed by atoms with Crippen molar-refractivity contribution in [3.05, 3.63) is 58.9 Å². The molecule has 2 aromatic carbocycles. The number of carbonyl (C=O) groups excluding carboxylic acids is 1. The van der Waals surface area contributed by atoms with Crippen molar-refractivity contribution in [3.8, 4) is 5.75 Å². The predicted octanol–water partition coefficient (Wildman–Crippen LogP) is 6.75. The Morgan fingerprint density at radius 3 is 2.45 bits per heavy atom. The summed E-state index contributed by atoms with van der Waals surface area (Å²) in [7, 11) is 1.58. The van der Waals surface area contributed by atoms with Gasteiger partial charge in [0.1, 0.15) is 23.0 Å². The first-order valence-corrected chi connectivity index (χ1v) is 12.9. The standard InChI is InChI=1S/C29H34F3N5O3/c1-16(19-11-20(29(30,31)32)13-21(33)12-19)34-26-23-14-22(25(39-6)15-24(23)35-17(2)36-26)18-7-9-37(10-8-18)27(38)40-28(3,4)5/h7,11-16H,8-10,33H2,1-6H3,(H,34,35,36)/t16-/m1/s1. The Hall–Kier alpha value is -4.02. The van der Waals surface area contributed by atoms with Gasteiger partial charge in [-0.15, -0.1) is 0 Å². The lowest BCUT2D eigenvalue weighted by molar-refractivity contribution is -0.137. The first-order valence-electron chi connectivity index (χ1n) is 12.9. The molecule has 4 rings (SSSR count). The highest BCUT2D eigenvalue weighted by Crippen LogP contribution is 2.37. The normalized spacial score (nSPS) is 15.0. The number of hydrogen-bond acceptors (Lipinski definition) is 7. The van der Waals surface area contributed by atoms with Crippen LogP contribution in [0.1, 0.15) is 62.7 Å². The van der Waals surface area contributed by atoms with E-state index in [2.05, 4.69) is 15.3 Å². The fourth-order valence-corrected chi connectivity index (χ4v) is 4.59. The summed E-state index contributed by atoms with van der Waals surface area (Å²) in [4.78, 5) is 23.3. The molecule has 0 saturated heterocycles. The van der Waals surface area contributed by atoms with E-state index in [1.165, 1.54) is 6.07 Å². The topological polar surface area (TPSA) is 103 Å². The number of nitrogens with one attached hydrogen (secondary N) is 1. The quantitative estimate of drug-likeness (QED) is 0.335. The molecule has 3 N–H and O–H groups in total. The zero-order valence-corrected chi connectivity index (χ0v) is 23.4. The highest BCUT2D eigenvalue weighted by Gasteiger charge is 2.31. The minimum absolute atomic E-state index is 0.0267. The van der Waals surface area contributed by atoms with Crippen molar-refractivity contribution in [2.45, 2.75) is 58.9 Å². The monoisotopic (exact) mass is 557 g/mol. The number of alkyl halides is 3. The van der Waals surface area contributed by atoms with Gasteiger partial charge >= 0.3 is 12.3 Å². The molecule has 1 atom stereocenters. The van der Waals surface area contributed by atoms with Crippen LogP contribution >= 0.6 is 0 Å². The number of fused-ring (bicyclic) bond motifs is 1. The second-order valence-corrected chi connectivity index (χ2v) is 10.8. The van der Waals surface area contributed by atoms with Crippen molar-refractivity contribution in [1.82, 2.24) is 14.9 Å². The van der Waals surface area contributed by atoms with Gasteiger partial charge in [0.05, 0.1) is 24.2 Å². The summed E-state index contributed by atoms with van der Waals surface area (Å²) in [6.07, 6.45) is -2.34. The van der Waals surface area contributed by atoms with Crippen LogP contribution in [0.5, 0.6) is 5.75 Å². The van der Waals surface area contributed by atoms with Crippen LogP contribution in [0.4, 0.5) is 29.5 Å². The van der Waals surface area contributed by atoms with E-state index < -0.39 is 23.4 Å². The average molecular weight is 558 g/mol. The lowest BCUT2D eigenvalue weighted by Gasteiger charge is -2.30. The number of aryl methyl sites for hydroxylation is 1. The fraction of sp³-hybridized carbons (Fsp3) is 0.414. The Labute approximate surface area is 231 Å². The number of nitrogens with zero attached hydrogens (tertiary/aromatic N) is 3. The molecule has 1 aliphatic heterocycles. The summed E-state index contributed by atoms with van der Waals surface area (Å²) >= 11 is 0. The maximum atomic E-state index is 13.4. The molecule has 1 amide bonds. The predicted molar refractivity (Wildman–Crippen MR) is 149 cm³/mol. The Balaban J connectivity index is 1.68. The summed E-state index contributed by atoms with van der Waals surface area (Å²) in [5.41, 5.74) is 7.24. The number of carbonyl (C=O) groups is 1. The first-order chi connectivity index (χ1) is 18.6. The largest absolute Gasteiger partial charge is 0.496 e. The summed E-state index contributed by atoms with van der Waals surface area (Å²) in [6, 6.07) is 6.71. The number of hydrogen-bond donors (Lipinski definition) is 2. The van der Waals surface area contributed by atoms with E-state index in [0.29, 0.717) is 53.4 Å². The van der Waals surface area contributed by atoms with Gasteiger partial charge in [-0.25, -0.2) is 14.8 Å². The van der Waals surface area contributed by atoms with Crippen LogP contribution in [0.15, 0.2) is 36.4 Å². The van der Waals surface area contributed by atoms with Crippen molar-refractivity contribution >= 4 is 34.1 Å². The number of methoxy groups -OCH3 is 1. The van der Waals surface area contributed by atoms with Gasteiger partial charge in [-0.1, -0.05) is 6.08 Å². The lowest BCUT2D eigenvalue weighted by Crippen LogP contribution is -2.39. The van der Waals surface area contributed by atoms with E-state index >= 15 is 0 Å². The van der Waals surface area contributed by atoms with Crippen LogP contribution in [-0.2, 0) is 10.9 Å². The van der Waals surface area contributed by atoms with Gasteiger partial charge < -0.3 is 25.4 Å². The number of nitrogen functional groups attached to an aromatic ring is 1. The fourth-order valence-electron chi connectivity index (χ4n) is 4.59. The minimum Gasteiger partial charge on any atom is -0.496 e. The molecule has 0 bridgehead atoms. The molecule has 11 heteroatoms. The molecule has 0 unspecified atom stereocenters. The van der Waals surface area contributed by atoms with Gasteiger partial charge in [0, 0.05) is 35.8 Å². The zero-order chi connectivity index (χ0) is 29.4. The second-order valence-electron chi connectivity index (χ2n) is 10.8. The number of amides is 1. The van der Waals surface area contributed by atoms with Crippen LogP contribution in [0.3, 0.4) is 0 Å². The first kappa shape index (κ1) is 29.0. The van der Waals surface area contributed by atoms with Gasteiger partial charge in [0.15, 0.2) is 0 Å². The van der Waals surface area contributed by atoms with E-state index in [1.54, 1.807) is 25.9 Å². The van der Waals surface area contributed by atoms with Crippen LogP contribution in [0, 0.1) is 6.92 Å². The minimum atomic E-state index is -4.51. The Morgan fingerprint density at radius 2 is 1.85 bits per heavy atom. The van der Waals surface area contributed by atoms with E-state index in [-0.39, 0.29) is 11.8 Å². The molecule has 0 aliphatic carbocycles. The van der Waals surface area contributed by atoms with Gasteiger partial charge in [0.2, 0.25) is 0 Å². The van der Waals surface area contributed by atoms with Crippen molar-refractivity contribution in [2.24, 2.45) is 0 Å². The van der Waals surface area contributed by atoms with Gasteiger partial charge in [-0.05, 0) is 76.4 Å². The molecule has 0 fully saturated rings. The number of anilines is 2. The molecule has 0 spiro atoms. The maximum Gasteiger partial charge on any atom is 0.416 e. The number of rotatable bonds is 5. The molecule has 214 valence electrons. The lowest BCUT2D eigenvalue weighted by atomic mass is 9.96. The van der Waals surface area contributed by atoms with E-state index in [1.807, 2.05) is 39.0 Å². The van der Waals surface area contributed by atoms with E-state index in [9.17, 15) is 18.0 Å². The third-order valence-corrected chi connectivity index (χ3v) is 6.49. The molecule has 3 aromatic rings. The number of halogens is 3. The third kappa shape index (κ3) is 6.57. The van der Waals surface area contributed by atoms with Crippen molar-refractivity contribution in [1.29, 1.82) is 0 Å². The van der Waals surface area contributed by atoms with Crippen molar-refractivity contribution in [2.75, 3.05) is 31.2 Å². The van der Waals surface area contributed by atoms with Crippen molar-refractivity contribution < 1.29 is 27.4 Å². The number of nitrogens with two attached hydrogens (primary N) is 1. The maximum absolute atomic E-state index is 13.4. The molecule has 40 heavy (non-hydrogen) atoms. The molecule has 0 radical (unpaired) electrons. The van der Waals surface area contributed by atoms with E-state index in [4.69, 9.17) is 15.2 Å². The molecular formula is C29H34F3N5O3. The molecule has 1 aromatic heterocycles. The number of benzene rings is 2. The summed E-state index contributed by atoms with van der Waals surface area (Å²) in [5.74, 6) is 1.58. The van der Waals surface area contributed by atoms with Gasteiger partial charge in [-0.2, -0.15) is 13.2 Å². The Kier molecular flexibility index (Phi) is 7.87. The smallest absolute Gasteiger partial charge is 0.416 e. The van der Waals surface area contributed by atoms with Gasteiger partial charge in [-0.3, -0.25) is 0 Å². The number of aromatic nitrogens is 2. The SMILES string of the molecule is COc1cc2nc(C)nc(N[C@H](C)c3cc(N)cc(C(F)(F)F)c3)c2cc1C1=CCN(C(=O)OC(C)(C)C)CC1. The highest BCUT2D eigenvalue weighted by atomic mass is 19.4. The Morgan fingerprint density at radius 1 is 1.12 bits per heavy atom. The molecule has 8 nitrogen and oxygen atoms in total. The van der Waals surface area contributed by atoms with Gasteiger partial charge in [0.25, 0.3) is 0 Å². The number of ether oxygens (including phenoxy) is 2. The summed E-state index contributed by atoms with van der Waals surface area (Å²) < 4.78 is 51.4. The summed E-state index contributed by atoms with van der Waals surface area (Å²) in [6.45, 7) is 9.84. The highest BCUT2D eigenvalue weighted by molar-refractivity contribution is 5.94. The average Bonchev–Trinajstić information content (AvgIpc) is 2.86. The third-order valence-electron chi connectivity index (χ3n) is 6.49. The molecule has 1 aliphatic rings. The van der Waals surface area contributed by atoms with Crippen LogP contribution in [0.25, 0.3) is 16.5 Å². The zero-order valence-electron chi connectivity index (χ0n) is 23.4. The second kappa shape index (κ2) is 10.9. The van der Waals surface area contributed by atoms with Crippen LogP contribution < -0.4 is 15.8 Å². The molecule has 2 heterocycles. The van der Waals surface area contributed by atoms with Crippen LogP contribution in [-0.4, -0.2) is 46.8 Å². The summed E-state index contributed by atoms with van der Waals surface area (Å²) in [5, 5.41) is 3.94. The van der Waals surface area contributed by atoms with Crippen LogP contribution in [0.2, 0.25) is 0 Å². The molecule has 0 saturated carbocycles.